The van der Waals surface area contributed by atoms with Gasteiger partial charge in [-0.1, -0.05) is 6.92 Å². The maximum absolute atomic E-state index is 8.67. The molecule has 0 saturated carbocycles. The molecule has 0 aromatic carbocycles. The molecule has 0 fully saturated rings. The highest BCUT2D eigenvalue weighted by molar-refractivity contribution is 4.58. The Morgan fingerprint density at radius 1 is 1.70 bits per heavy atom. The van der Waals surface area contributed by atoms with Crippen LogP contribution in [0.3, 0.4) is 0 Å². The molecular formula is C6H11N3O. The summed E-state index contributed by atoms with van der Waals surface area (Å²) < 4.78 is 1.71. The molecule has 0 spiro atoms. The molecule has 1 aromatic rings. The molecule has 0 aliphatic rings. The van der Waals surface area contributed by atoms with Crippen molar-refractivity contribution >= 4 is 0 Å². The van der Waals surface area contributed by atoms with E-state index in [-0.39, 0.29) is 12.5 Å². The second kappa shape index (κ2) is 3.31. The van der Waals surface area contributed by atoms with Gasteiger partial charge in [-0.25, -0.2) is 4.98 Å². The fourth-order valence-electron chi connectivity index (χ4n) is 0.704. The monoisotopic (exact) mass is 141 g/mol. The smallest absolute Gasteiger partial charge is 0.137 e. The number of hydrogen-bond acceptors (Lipinski definition) is 3. The number of aliphatic hydroxyl groups is 1. The minimum Gasteiger partial charge on any atom is -0.396 e. The van der Waals surface area contributed by atoms with Gasteiger partial charge in [-0.15, -0.1) is 0 Å². The molecule has 0 amide bonds. The SMILES string of the molecule is CC(CO)Cn1cncn1. The minimum absolute atomic E-state index is 0.194. The van der Waals surface area contributed by atoms with Crippen molar-refractivity contribution in [3.8, 4) is 0 Å². The first-order chi connectivity index (χ1) is 4.83. The lowest BCUT2D eigenvalue weighted by Crippen LogP contribution is -2.11. The van der Waals surface area contributed by atoms with Gasteiger partial charge in [0.15, 0.2) is 0 Å². The summed E-state index contributed by atoms with van der Waals surface area (Å²) in [5.74, 6) is 0.252. The van der Waals surface area contributed by atoms with Crippen LogP contribution in [0.2, 0.25) is 0 Å². The third-order valence-corrected chi connectivity index (χ3v) is 1.28. The summed E-state index contributed by atoms with van der Waals surface area (Å²) in [6.45, 7) is 2.89. The first kappa shape index (κ1) is 7.21. The van der Waals surface area contributed by atoms with Crippen LogP contribution in [0.4, 0.5) is 0 Å². The average molecular weight is 141 g/mol. The molecule has 4 heteroatoms. The van der Waals surface area contributed by atoms with E-state index in [1.54, 1.807) is 11.0 Å². The molecule has 1 atom stereocenters. The summed E-state index contributed by atoms with van der Waals surface area (Å²) >= 11 is 0. The van der Waals surface area contributed by atoms with Crippen LogP contribution in [-0.4, -0.2) is 26.5 Å². The fraction of sp³-hybridized carbons (Fsp3) is 0.667. The molecular weight excluding hydrogens is 130 g/mol. The van der Waals surface area contributed by atoms with E-state index in [1.807, 2.05) is 6.92 Å². The topological polar surface area (TPSA) is 50.9 Å². The van der Waals surface area contributed by atoms with Crippen LogP contribution < -0.4 is 0 Å². The summed E-state index contributed by atoms with van der Waals surface area (Å²) in [6.07, 6.45) is 3.14. The zero-order valence-corrected chi connectivity index (χ0v) is 5.94. The Kier molecular flexibility index (Phi) is 2.39. The molecule has 0 saturated heterocycles. The Morgan fingerprint density at radius 3 is 3.00 bits per heavy atom. The summed E-state index contributed by atoms with van der Waals surface area (Å²) in [6, 6.07) is 0. The molecule has 0 aliphatic carbocycles. The first-order valence-corrected chi connectivity index (χ1v) is 3.26. The number of aromatic nitrogens is 3. The van der Waals surface area contributed by atoms with E-state index in [0.717, 1.165) is 6.54 Å². The number of hydrogen-bond donors (Lipinski definition) is 1. The van der Waals surface area contributed by atoms with Crippen LogP contribution in [0.5, 0.6) is 0 Å². The Balaban J connectivity index is 2.40. The molecule has 1 unspecified atom stereocenters. The van der Waals surface area contributed by atoms with Crippen molar-refractivity contribution in [2.45, 2.75) is 13.5 Å². The van der Waals surface area contributed by atoms with Crippen molar-refractivity contribution in [1.29, 1.82) is 0 Å². The molecule has 1 aromatic heterocycles. The molecule has 56 valence electrons. The van der Waals surface area contributed by atoms with Crippen LogP contribution in [-0.2, 0) is 6.54 Å². The van der Waals surface area contributed by atoms with Crippen molar-refractivity contribution in [2.75, 3.05) is 6.61 Å². The largest absolute Gasteiger partial charge is 0.396 e. The maximum atomic E-state index is 8.67. The lowest BCUT2D eigenvalue weighted by molar-refractivity contribution is 0.219. The van der Waals surface area contributed by atoms with Crippen LogP contribution in [0.1, 0.15) is 6.92 Å². The van der Waals surface area contributed by atoms with E-state index < -0.39 is 0 Å². The van der Waals surface area contributed by atoms with Crippen molar-refractivity contribution in [2.24, 2.45) is 5.92 Å². The Hall–Kier alpha value is -0.900. The van der Waals surface area contributed by atoms with Gasteiger partial charge in [0.1, 0.15) is 12.7 Å². The Labute approximate surface area is 59.5 Å². The minimum atomic E-state index is 0.194. The normalized spacial score (nSPS) is 13.4. The van der Waals surface area contributed by atoms with Crippen LogP contribution in [0.25, 0.3) is 0 Å². The summed E-state index contributed by atoms with van der Waals surface area (Å²) in [4.78, 5) is 3.78. The van der Waals surface area contributed by atoms with E-state index >= 15 is 0 Å². The van der Waals surface area contributed by atoms with Crippen LogP contribution in [0, 0.1) is 5.92 Å². The Morgan fingerprint density at radius 2 is 2.50 bits per heavy atom. The zero-order chi connectivity index (χ0) is 7.40. The van der Waals surface area contributed by atoms with E-state index in [0.29, 0.717) is 0 Å². The van der Waals surface area contributed by atoms with Crippen molar-refractivity contribution in [1.82, 2.24) is 14.8 Å². The van der Waals surface area contributed by atoms with Crippen molar-refractivity contribution < 1.29 is 5.11 Å². The lowest BCUT2D eigenvalue weighted by atomic mass is 10.2. The second-order valence-electron chi connectivity index (χ2n) is 2.41. The van der Waals surface area contributed by atoms with Gasteiger partial charge in [0, 0.05) is 13.2 Å². The van der Waals surface area contributed by atoms with Crippen molar-refractivity contribution in [3.63, 3.8) is 0 Å². The molecule has 4 nitrogen and oxygen atoms in total. The molecule has 0 aliphatic heterocycles. The van der Waals surface area contributed by atoms with Gasteiger partial charge in [-0.3, -0.25) is 4.68 Å². The lowest BCUT2D eigenvalue weighted by Gasteiger charge is -2.05. The van der Waals surface area contributed by atoms with E-state index in [9.17, 15) is 0 Å². The van der Waals surface area contributed by atoms with Gasteiger partial charge in [0.05, 0.1) is 0 Å². The predicted molar refractivity (Wildman–Crippen MR) is 36.3 cm³/mol. The van der Waals surface area contributed by atoms with Gasteiger partial charge in [0.25, 0.3) is 0 Å². The Bertz CT molecular complexity index is 173. The van der Waals surface area contributed by atoms with Gasteiger partial charge in [0.2, 0.25) is 0 Å². The average Bonchev–Trinajstić information content (AvgIpc) is 2.40. The predicted octanol–water partition coefficient (Wildman–Crippen LogP) is -0.0935. The maximum Gasteiger partial charge on any atom is 0.137 e. The van der Waals surface area contributed by atoms with Gasteiger partial charge in [-0.2, -0.15) is 5.10 Å². The highest BCUT2D eigenvalue weighted by atomic mass is 16.3. The number of aliphatic hydroxyl groups excluding tert-OH is 1. The molecule has 1 rings (SSSR count). The summed E-state index contributed by atoms with van der Waals surface area (Å²) in [5.41, 5.74) is 0. The van der Waals surface area contributed by atoms with Crippen LogP contribution in [0.15, 0.2) is 12.7 Å². The first-order valence-electron chi connectivity index (χ1n) is 3.26. The summed E-state index contributed by atoms with van der Waals surface area (Å²) in [5, 5.41) is 12.6. The summed E-state index contributed by atoms with van der Waals surface area (Å²) in [7, 11) is 0. The second-order valence-corrected chi connectivity index (χ2v) is 2.41. The molecule has 10 heavy (non-hydrogen) atoms. The third-order valence-electron chi connectivity index (χ3n) is 1.28. The third kappa shape index (κ3) is 1.80. The van der Waals surface area contributed by atoms with E-state index in [4.69, 9.17) is 5.11 Å². The van der Waals surface area contributed by atoms with Gasteiger partial charge in [-0.05, 0) is 5.92 Å². The van der Waals surface area contributed by atoms with Gasteiger partial charge < -0.3 is 5.11 Å². The van der Waals surface area contributed by atoms with E-state index in [2.05, 4.69) is 10.1 Å². The highest BCUT2D eigenvalue weighted by Gasteiger charge is 1.99. The van der Waals surface area contributed by atoms with Gasteiger partial charge >= 0.3 is 0 Å². The number of rotatable bonds is 3. The molecule has 1 N–H and O–H groups in total. The molecule has 1 heterocycles. The van der Waals surface area contributed by atoms with Crippen LogP contribution >= 0.6 is 0 Å². The molecule has 0 radical (unpaired) electrons. The fourth-order valence-corrected chi connectivity index (χ4v) is 0.704. The van der Waals surface area contributed by atoms with Crippen molar-refractivity contribution in [3.05, 3.63) is 12.7 Å². The van der Waals surface area contributed by atoms with E-state index in [1.165, 1.54) is 6.33 Å². The standard InChI is InChI=1S/C6H11N3O/c1-6(3-10)2-9-5-7-4-8-9/h4-6,10H,2-3H2,1H3. The quantitative estimate of drug-likeness (QED) is 0.639. The molecule has 0 bridgehead atoms. The highest BCUT2D eigenvalue weighted by Crippen LogP contribution is 1.95. The number of nitrogens with zero attached hydrogens (tertiary/aromatic N) is 3. The zero-order valence-electron chi connectivity index (χ0n) is 5.94.